The summed E-state index contributed by atoms with van der Waals surface area (Å²) < 4.78 is 21.1. The molecule has 14 heteroatoms. The van der Waals surface area contributed by atoms with Crippen LogP contribution < -0.4 is 0 Å². The van der Waals surface area contributed by atoms with E-state index in [1.165, 1.54) is 0 Å². The van der Waals surface area contributed by atoms with Gasteiger partial charge in [-0.15, -0.1) is 0 Å². The normalized spacial score (nSPS) is 44.1. The Morgan fingerprint density at radius 1 is 0.821 bits per heavy atom. The largest absolute Gasteiger partial charge is 0.394 e. The number of aliphatic hydroxyl groups is 7. The average Bonchev–Trinajstić information content (AvgIpc) is 2.70. The molecule has 2 rings (SSSR count). The van der Waals surface area contributed by atoms with Crippen LogP contribution in [0.3, 0.4) is 0 Å². The molecule has 0 aromatic rings. The van der Waals surface area contributed by atoms with Crippen molar-refractivity contribution in [3.63, 3.8) is 0 Å². The molecule has 0 spiro atoms. The molecule has 5 unspecified atom stereocenters. The summed E-state index contributed by atoms with van der Waals surface area (Å²) in [5.41, 5.74) is 8.21. The molecule has 162 valence electrons. The molecule has 14 nitrogen and oxygen atoms in total. The average molecular weight is 411 g/mol. The van der Waals surface area contributed by atoms with Crippen molar-refractivity contribution in [2.45, 2.75) is 61.4 Å². The third kappa shape index (κ3) is 5.07. The molecule has 2 saturated heterocycles. The highest BCUT2D eigenvalue weighted by molar-refractivity contribution is 4.94. The fourth-order valence-electron chi connectivity index (χ4n) is 2.95. The van der Waals surface area contributed by atoms with Crippen LogP contribution in [0.15, 0.2) is 5.11 Å². The molecular formula is C14H25N3O11. The van der Waals surface area contributed by atoms with Crippen molar-refractivity contribution in [1.29, 1.82) is 0 Å². The summed E-state index contributed by atoms with van der Waals surface area (Å²) in [7, 11) is 0. The molecule has 0 amide bonds. The molecule has 10 atom stereocenters. The summed E-state index contributed by atoms with van der Waals surface area (Å²) in [4.78, 5) is 2.53. The topological polar surface area (TPSA) is 227 Å². The van der Waals surface area contributed by atoms with Gasteiger partial charge in [0.05, 0.1) is 19.8 Å². The maximum atomic E-state index is 10.3. The van der Waals surface area contributed by atoms with Crippen LogP contribution in [0.5, 0.6) is 0 Å². The van der Waals surface area contributed by atoms with E-state index in [0.717, 1.165) is 0 Å². The number of rotatable bonds is 8. The standard InChI is InChI=1S/C14H25N3O11/c15-17-16-1-2-25-13-11(24)9(22)12(6(4-19)27-13)28-14-10(23)8(21)7(20)5(3-18)26-14/h5-14,18-24H,1-4H2/t5?,6-,7-,8?,9?,10?,11?,12-,13-,14-/m0/s1. The summed E-state index contributed by atoms with van der Waals surface area (Å²) in [6, 6.07) is 0. The van der Waals surface area contributed by atoms with Crippen LogP contribution in [0.4, 0.5) is 0 Å². The molecule has 7 N–H and O–H groups in total. The SMILES string of the molecule is [N-]=[N+]=NCCO[C@H]1O[C@@H](CO)[C@H](O[C@@H]2OC(CO)[C@H](O)C(O)C2O)C(O)C1O. The van der Waals surface area contributed by atoms with Crippen molar-refractivity contribution < 1.29 is 54.7 Å². The van der Waals surface area contributed by atoms with Gasteiger partial charge in [-0.25, -0.2) is 0 Å². The Labute approximate surface area is 159 Å². The van der Waals surface area contributed by atoms with E-state index < -0.39 is 74.6 Å². The van der Waals surface area contributed by atoms with E-state index in [2.05, 4.69) is 10.0 Å². The maximum Gasteiger partial charge on any atom is 0.187 e. The Bertz CT molecular complexity index is 533. The summed E-state index contributed by atoms with van der Waals surface area (Å²) in [5.74, 6) is 0. The van der Waals surface area contributed by atoms with Crippen LogP contribution in [0.2, 0.25) is 0 Å². The van der Waals surface area contributed by atoms with Gasteiger partial charge in [0.2, 0.25) is 0 Å². The van der Waals surface area contributed by atoms with E-state index in [4.69, 9.17) is 24.5 Å². The van der Waals surface area contributed by atoms with Gasteiger partial charge in [0.25, 0.3) is 0 Å². The first-order chi connectivity index (χ1) is 13.3. The molecule has 2 aliphatic heterocycles. The first kappa shape index (κ1) is 23.2. The minimum absolute atomic E-state index is 0.0479. The molecule has 28 heavy (non-hydrogen) atoms. The highest BCUT2D eigenvalue weighted by Crippen LogP contribution is 2.29. The van der Waals surface area contributed by atoms with Gasteiger partial charge in [0.15, 0.2) is 12.6 Å². The van der Waals surface area contributed by atoms with Crippen molar-refractivity contribution in [3.05, 3.63) is 10.4 Å². The fourth-order valence-corrected chi connectivity index (χ4v) is 2.95. The van der Waals surface area contributed by atoms with Crippen LogP contribution >= 0.6 is 0 Å². The lowest BCUT2D eigenvalue weighted by molar-refractivity contribution is -0.359. The molecule has 2 heterocycles. The van der Waals surface area contributed by atoms with Crippen molar-refractivity contribution >= 4 is 0 Å². The van der Waals surface area contributed by atoms with Gasteiger partial charge in [-0.05, 0) is 5.53 Å². The number of hydrogen-bond donors (Lipinski definition) is 7. The van der Waals surface area contributed by atoms with Gasteiger partial charge < -0.3 is 54.7 Å². The van der Waals surface area contributed by atoms with Crippen LogP contribution in [-0.2, 0) is 18.9 Å². The van der Waals surface area contributed by atoms with E-state index in [1.807, 2.05) is 0 Å². The first-order valence-corrected chi connectivity index (χ1v) is 8.56. The minimum Gasteiger partial charge on any atom is -0.394 e. The third-order valence-corrected chi connectivity index (χ3v) is 4.50. The molecule has 0 bridgehead atoms. The lowest BCUT2D eigenvalue weighted by atomic mass is 9.97. The lowest BCUT2D eigenvalue weighted by Crippen LogP contribution is -2.64. The molecule has 0 saturated carbocycles. The molecule has 2 aliphatic rings. The van der Waals surface area contributed by atoms with Gasteiger partial charge in [-0.1, -0.05) is 5.11 Å². The van der Waals surface area contributed by atoms with Crippen LogP contribution in [0.1, 0.15) is 0 Å². The van der Waals surface area contributed by atoms with Crippen molar-refractivity contribution in [2.24, 2.45) is 5.11 Å². The number of nitrogens with zero attached hydrogens (tertiary/aromatic N) is 3. The second-order valence-electron chi connectivity index (χ2n) is 6.33. The Hall–Kier alpha value is -1.13. The number of ether oxygens (including phenoxy) is 4. The predicted octanol–water partition coefficient (Wildman–Crippen LogP) is -4.06. The number of hydrogen-bond acceptors (Lipinski definition) is 12. The van der Waals surface area contributed by atoms with E-state index in [0.29, 0.717) is 0 Å². The van der Waals surface area contributed by atoms with Gasteiger partial charge in [-0.2, -0.15) is 0 Å². The van der Waals surface area contributed by atoms with Crippen LogP contribution in [0.25, 0.3) is 10.4 Å². The number of aliphatic hydroxyl groups excluding tert-OH is 7. The van der Waals surface area contributed by atoms with E-state index >= 15 is 0 Å². The summed E-state index contributed by atoms with van der Waals surface area (Å²) in [6.07, 6.45) is -15.1. The highest BCUT2D eigenvalue weighted by Gasteiger charge is 2.50. The number of azide groups is 1. The highest BCUT2D eigenvalue weighted by atomic mass is 16.7. The van der Waals surface area contributed by atoms with E-state index in [-0.39, 0.29) is 13.2 Å². The molecule has 2 fully saturated rings. The van der Waals surface area contributed by atoms with Gasteiger partial charge in [0, 0.05) is 11.5 Å². The lowest BCUT2D eigenvalue weighted by Gasteiger charge is -2.45. The third-order valence-electron chi connectivity index (χ3n) is 4.50. The zero-order valence-corrected chi connectivity index (χ0v) is 14.7. The van der Waals surface area contributed by atoms with Crippen molar-refractivity contribution in [2.75, 3.05) is 26.4 Å². The van der Waals surface area contributed by atoms with Gasteiger partial charge >= 0.3 is 0 Å². The molecular weight excluding hydrogens is 386 g/mol. The smallest absolute Gasteiger partial charge is 0.187 e. The molecule has 0 aliphatic carbocycles. The summed E-state index contributed by atoms with van der Waals surface area (Å²) in [5, 5.41) is 72.1. The molecule has 0 radical (unpaired) electrons. The van der Waals surface area contributed by atoms with Crippen molar-refractivity contribution in [1.82, 2.24) is 0 Å². The molecule has 0 aromatic carbocycles. The zero-order valence-electron chi connectivity index (χ0n) is 14.7. The quantitative estimate of drug-likeness (QED) is 0.0879. The summed E-state index contributed by atoms with van der Waals surface area (Å²) in [6.45, 7) is -1.51. The van der Waals surface area contributed by atoms with Crippen molar-refractivity contribution in [3.8, 4) is 0 Å². The Kier molecular flexibility index (Phi) is 8.76. The fraction of sp³-hybridized carbons (Fsp3) is 1.00. The Balaban J connectivity index is 2.05. The predicted molar refractivity (Wildman–Crippen MR) is 86.4 cm³/mol. The zero-order chi connectivity index (χ0) is 20.8. The second kappa shape index (κ2) is 10.6. The first-order valence-electron chi connectivity index (χ1n) is 8.56. The van der Waals surface area contributed by atoms with Gasteiger partial charge in [-0.3, -0.25) is 0 Å². The minimum atomic E-state index is -1.74. The Morgan fingerprint density at radius 2 is 1.43 bits per heavy atom. The summed E-state index contributed by atoms with van der Waals surface area (Å²) >= 11 is 0. The van der Waals surface area contributed by atoms with E-state index in [9.17, 15) is 35.7 Å². The maximum absolute atomic E-state index is 10.3. The second-order valence-corrected chi connectivity index (χ2v) is 6.33. The van der Waals surface area contributed by atoms with Gasteiger partial charge in [0.1, 0.15) is 48.8 Å². The monoisotopic (exact) mass is 411 g/mol. The van der Waals surface area contributed by atoms with Crippen LogP contribution in [0, 0.1) is 0 Å². The van der Waals surface area contributed by atoms with E-state index in [1.54, 1.807) is 0 Å². The molecule has 0 aromatic heterocycles. The Morgan fingerprint density at radius 3 is 2.04 bits per heavy atom. The van der Waals surface area contributed by atoms with Crippen LogP contribution in [-0.4, -0.2) is 124 Å².